The Morgan fingerprint density at radius 1 is 1.20 bits per heavy atom. The Balaban J connectivity index is 0.00000225. The molecule has 3 heterocycles. The summed E-state index contributed by atoms with van der Waals surface area (Å²) in [6.45, 7) is 7.53. The number of guanidine groups is 1. The van der Waals surface area contributed by atoms with Gasteiger partial charge in [-0.3, -0.25) is 4.99 Å². The predicted molar refractivity (Wildman–Crippen MR) is 115 cm³/mol. The molecule has 8 heteroatoms. The number of aromatic nitrogens is 2. The zero-order valence-corrected chi connectivity index (χ0v) is 17.6. The highest BCUT2D eigenvalue weighted by Crippen LogP contribution is 2.11. The number of halogens is 1. The van der Waals surface area contributed by atoms with E-state index in [-0.39, 0.29) is 24.0 Å². The molecule has 0 atom stereocenters. The average Bonchev–Trinajstić information content (AvgIpc) is 3.15. The molecule has 1 aliphatic heterocycles. The summed E-state index contributed by atoms with van der Waals surface area (Å²) in [5.41, 5.74) is 0. The standard InChI is InChI=1S/C17H24N6S.HI/c1-2-18-16(21-9-6-15-5-3-14-24-15)22-10-12-23(13-11-22)17-19-7-4-8-20-17;/h3-5,7-8,14H,2,6,9-13H2,1H3,(H,18,21);1H. The van der Waals surface area contributed by atoms with Crippen LogP contribution in [0.15, 0.2) is 41.0 Å². The molecule has 0 saturated carbocycles. The van der Waals surface area contributed by atoms with E-state index in [0.717, 1.165) is 57.6 Å². The third-order valence-electron chi connectivity index (χ3n) is 3.95. The molecule has 1 fully saturated rings. The normalized spacial score (nSPS) is 15.0. The largest absolute Gasteiger partial charge is 0.357 e. The molecule has 2 aromatic rings. The molecule has 0 radical (unpaired) electrons. The van der Waals surface area contributed by atoms with Crippen molar-refractivity contribution in [2.45, 2.75) is 13.3 Å². The molecule has 136 valence electrons. The van der Waals surface area contributed by atoms with Crippen molar-refractivity contribution in [1.29, 1.82) is 0 Å². The molecule has 3 rings (SSSR count). The highest BCUT2D eigenvalue weighted by atomic mass is 127. The summed E-state index contributed by atoms with van der Waals surface area (Å²) < 4.78 is 0. The fourth-order valence-corrected chi connectivity index (χ4v) is 3.42. The molecular formula is C17H25IN6S. The maximum Gasteiger partial charge on any atom is 0.225 e. The van der Waals surface area contributed by atoms with Crippen LogP contribution in [0.2, 0.25) is 0 Å². The van der Waals surface area contributed by atoms with Crippen LogP contribution in [-0.2, 0) is 6.42 Å². The molecule has 0 bridgehead atoms. The molecule has 6 nitrogen and oxygen atoms in total. The summed E-state index contributed by atoms with van der Waals surface area (Å²) in [5, 5.41) is 5.54. The van der Waals surface area contributed by atoms with E-state index in [1.165, 1.54) is 4.88 Å². The van der Waals surface area contributed by atoms with Crippen LogP contribution in [0.5, 0.6) is 0 Å². The minimum Gasteiger partial charge on any atom is -0.357 e. The van der Waals surface area contributed by atoms with Crippen LogP contribution in [0.25, 0.3) is 0 Å². The van der Waals surface area contributed by atoms with E-state index >= 15 is 0 Å². The van der Waals surface area contributed by atoms with Crippen LogP contribution in [0.3, 0.4) is 0 Å². The number of nitrogens with zero attached hydrogens (tertiary/aromatic N) is 5. The smallest absolute Gasteiger partial charge is 0.225 e. The lowest BCUT2D eigenvalue weighted by atomic mass is 10.3. The van der Waals surface area contributed by atoms with Gasteiger partial charge in [0.15, 0.2) is 5.96 Å². The third-order valence-corrected chi connectivity index (χ3v) is 4.89. The van der Waals surface area contributed by atoms with Crippen molar-refractivity contribution in [2.75, 3.05) is 44.2 Å². The van der Waals surface area contributed by atoms with E-state index in [0.29, 0.717) is 0 Å². The van der Waals surface area contributed by atoms with Gasteiger partial charge >= 0.3 is 0 Å². The average molecular weight is 472 g/mol. The van der Waals surface area contributed by atoms with Crippen molar-refractivity contribution in [2.24, 2.45) is 4.99 Å². The third kappa shape index (κ3) is 5.81. The predicted octanol–water partition coefficient (Wildman–Crippen LogP) is 2.49. The molecule has 0 amide bonds. The maximum atomic E-state index is 4.80. The summed E-state index contributed by atoms with van der Waals surface area (Å²) in [5.74, 6) is 1.83. The lowest BCUT2D eigenvalue weighted by molar-refractivity contribution is 0.370. The van der Waals surface area contributed by atoms with Crippen LogP contribution in [0, 0.1) is 0 Å². The topological polar surface area (TPSA) is 56.7 Å². The van der Waals surface area contributed by atoms with Gasteiger partial charge in [-0.1, -0.05) is 6.07 Å². The molecule has 0 spiro atoms. The molecule has 25 heavy (non-hydrogen) atoms. The van der Waals surface area contributed by atoms with Gasteiger partial charge < -0.3 is 15.1 Å². The Bertz CT molecular complexity index is 626. The molecule has 0 aromatic carbocycles. The minimum absolute atomic E-state index is 0. The van der Waals surface area contributed by atoms with Crippen LogP contribution in [0.4, 0.5) is 5.95 Å². The lowest BCUT2D eigenvalue weighted by Gasteiger charge is -2.36. The monoisotopic (exact) mass is 472 g/mol. The molecule has 1 N–H and O–H groups in total. The zero-order valence-electron chi connectivity index (χ0n) is 14.5. The Morgan fingerprint density at radius 3 is 2.60 bits per heavy atom. The van der Waals surface area contributed by atoms with Gasteiger partial charge in [-0.05, 0) is 24.4 Å². The van der Waals surface area contributed by atoms with Crippen molar-refractivity contribution < 1.29 is 0 Å². The molecule has 1 saturated heterocycles. The van der Waals surface area contributed by atoms with Gasteiger partial charge in [-0.2, -0.15) is 0 Å². The van der Waals surface area contributed by atoms with E-state index < -0.39 is 0 Å². The van der Waals surface area contributed by atoms with Gasteiger partial charge in [-0.25, -0.2) is 9.97 Å². The summed E-state index contributed by atoms with van der Waals surface area (Å²) in [4.78, 5) is 19.4. The first-order valence-electron chi connectivity index (χ1n) is 8.44. The number of hydrogen-bond acceptors (Lipinski definition) is 5. The Kier molecular flexibility index (Phi) is 8.39. The highest BCUT2D eigenvalue weighted by molar-refractivity contribution is 14.0. The van der Waals surface area contributed by atoms with Gasteiger partial charge in [0, 0.05) is 63.0 Å². The van der Waals surface area contributed by atoms with Crippen molar-refractivity contribution in [1.82, 2.24) is 20.2 Å². The number of anilines is 1. The van der Waals surface area contributed by atoms with Gasteiger partial charge in [0.05, 0.1) is 0 Å². The van der Waals surface area contributed by atoms with E-state index in [9.17, 15) is 0 Å². The van der Waals surface area contributed by atoms with Crippen LogP contribution >= 0.6 is 35.3 Å². The van der Waals surface area contributed by atoms with Crippen molar-refractivity contribution in [3.05, 3.63) is 40.8 Å². The number of aliphatic imine (C=N–C) groups is 1. The molecular weight excluding hydrogens is 447 g/mol. The second kappa shape index (κ2) is 10.5. The second-order valence-corrected chi connectivity index (χ2v) is 6.62. The maximum absolute atomic E-state index is 4.80. The fraction of sp³-hybridized carbons (Fsp3) is 0.471. The quantitative estimate of drug-likeness (QED) is 0.412. The number of rotatable bonds is 5. The zero-order chi connectivity index (χ0) is 16.6. The summed E-state index contributed by atoms with van der Waals surface area (Å²) in [6.07, 6.45) is 4.60. The second-order valence-electron chi connectivity index (χ2n) is 5.59. The molecule has 1 aliphatic rings. The van der Waals surface area contributed by atoms with Crippen LogP contribution in [-0.4, -0.2) is 60.1 Å². The Morgan fingerprint density at radius 2 is 1.96 bits per heavy atom. The molecule has 0 unspecified atom stereocenters. The molecule has 0 aliphatic carbocycles. The van der Waals surface area contributed by atoms with Gasteiger partial charge in [0.25, 0.3) is 0 Å². The van der Waals surface area contributed by atoms with Gasteiger partial charge in [-0.15, -0.1) is 35.3 Å². The van der Waals surface area contributed by atoms with Gasteiger partial charge in [0.2, 0.25) is 5.95 Å². The SMILES string of the molecule is CCNC(=NCCc1cccs1)N1CCN(c2ncccn2)CC1.I. The molecule has 2 aromatic heterocycles. The van der Waals surface area contributed by atoms with Crippen molar-refractivity contribution in [3.63, 3.8) is 0 Å². The summed E-state index contributed by atoms with van der Waals surface area (Å²) in [7, 11) is 0. The first-order chi connectivity index (χ1) is 11.9. The first kappa shape index (κ1) is 19.9. The number of nitrogens with one attached hydrogen (secondary N) is 1. The summed E-state index contributed by atoms with van der Waals surface area (Å²) >= 11 is 1.80. The van der Waals surface area contributed by atoms with Gasteiger partial charge in [0.1, 0.15) is 0 Å². The van der Waals surface area contributed by atoms with Crippen molar-refractivity contribution >= 4 is 47.2 Å². The van der Waals surface area contributed by atoms with Crippen LogP contribution in [0.1, 0.15) is 11.8 Å². The van der Waals surface area contributed by atoms with E-state index in [2.05, 4.69) is 49.5 Å². The summed E-state index contributed by atoms with van der Waals surface area (Å²) in [6, 6.07) is 6.12. The Labute approximate surface area is 170 Å². The van der Waals surface area contributed by atoms with Crippen LogP contribution < -0.4 is 10.2 Å². The Hall–Kier alpha value is -1.42. The number of piperazine rings is 1. The van der Waals surface area contributed by atoms with Crippen molar-refractivity contribution in [3.8, 4) is 0 Å². The van der Waals surface area contributed by atoms with E-state index in [1.54, 1.807) is 23.7 Å². The van der Waals surface area contributed by atoms with E-state index in [4.69, 9.17) is 4.99 Å². The van der Waals surface area contributed by atoms with E-state index in [1.807, 2.05) is 6.07 Å². The fourth-order valence-electron chi connectivity index (χ4n) is 2.73. The minimum atomic E-state index is 0. The highest BCUT2D eigenvalue weighted by Gasteiger charge is 2.20. The lowest BCUT2D eigenvalue weighted by Crippen LogP contribution is -2.53. The number of thiophene rings is 1. The first-order valence-corrected chi connectivity index (χ1v) is 9.32. The number of hydrogen-bond donors (Lipinski definition) is 1.